The van der Waals surface area contributed by atoms with Crippen LogP contribution in [0.5, 0.6) is 0 Å². The van der Waals surface area contributed by atoms with E-state index >= 15 is 0 Å². The Labute approximate surface area is 70.2 Å². The Bertz CT molecular complexity index is 264. The van der Waals surface area contributed by atoms with E-state index in [2.05, 4.69) is 4.74 Å². The van der Waals surface area contributed by atoms with Crippen molar-refractivity contribution in [3.63, 3.8) is 0 Å². The molecule has 1 atom stereocenters. The minimum atomic E-state index is -4.99. The molecular formula is C5H5F3N2O3. The van der Waals surface area contributed by atoms with E-state index in [1.165, 1.54) is 10.6 Å². The van der Waals surface area contributed by atoms with Crippen LogP contribution in [-0.4, -0.2) is 30.9 Å². The van der Waals surface area contributed by atoms with Crippen molar-refractivity contribution in [2.24, 2.45) is 0 Å². The monoisotopic (exact) mass is 198 g/mol. The average molecular weight is 198 g/mol. The van der Waals surface area contributed by atoms with E-state index in [4.69, 9.17) is 0 Å². The van der Waals surface area contributed by atoms with Crippen LogP contribution in [0.2, 0.25) is 0 Å². The van der Waals surface area contributed by atoms with Gasteiger partial charge < -0.3 is 4.74 Å². The van der Waals surface area contributed by atoms with Gasteiger partial charge in [-0.15, -0.1) is 0 Å². The van der Waals surface area contributed by atoms with Gasteiger partial charge in [0.25, 0.3) is 5.91 Å². The fourth-order valence-corrected chi connectivity index (χ4v) is 0.898. The predicted octanol–water partition coefficient (Wildman–Crippen LogP) is -0.269. The Morgan fingerprint density at radius 3 is 2.08 bits per heavy atom. The molecule has 1 fully saturated rings. The van der Waals surface area contributed by atoms with Crippen LogP contribution in [0.25, 0.3) is 0 Å². The average Bonchev–Trinajstić information content (AvgIpc) is 2.25. The number of nitrogens with one attached hydrogen (secondary N) is 2. The number of amides is 3. The quantitative estimate of drug-likeness (QED) is 0.570. The number of urea groups is 1. The molecule has 0 aliphatic carbocycles. The number of alkyl halides is 3. The normalized spacial score (nSPS) is 28.6. The first-order valence-corrected chi connectivity index (χ1v) is 3.09. The molecule has 0 aromatic heterocycles. The van der Waals surface area contributed by atoms with Gasteiger partial charge in [0.1, 0.15) is 0 Å². The zero-order chi connectivity index (χ0) is 10.3. The van der Waals surface area contributed by atoms with E-state index in [0.717, 1.165) is 0 Å². The number of halogens is 3. The summed E-state index contributed by atoms with van der Waals surface area (Å²) in [5.74, 6) is -1.56. The van der Waals surface area contributed by atoms with Crippen LogP contribution in [0.4, 0.5) is 18.0 Å². The highest BCUT2D eigenvalue weighted by atomic mass is 19.4. The first kappa shape index (κ1) is 9.78. The molecule has 0 saturated carbocycles. The molecular weight excluding hydrogens is 193 g/mol. The number of carbonyl (C=O) groups is 2. The van der Waals surface area contributed by atoms with Crippen LogP contribution in [0.3, 0.4) is 0 Å². The molecule has 0 radical (unpaired) electrons. The predicted molar refractivity (Wildman–Crippen MR) is 32.5 cm³/mol. The van der Waals surface area contributed by atoms with Crippen molar-refractivity contribution in [2.45, 2.75) is 11.9 Å². The topological polar surface area (TPSA) is 67.4 Å². The molecule has 5 nitrogen and oxygen atoms in total. The Morgan fingerprint density at radius 1 is 1.38 bits per heavy atom. The molecule has 1 saturated heterocycles. The zero-order valence-corrected chi connectivity index (χ0v) is 6.36. The second kappa shape index (κ2) is 2.59. The molecule has 0 aromatic rings. The lowest BCUT2D eigenvalue weighted by Crippen LogP contribution is -2.60. The summed E-state index contributed by atoms with van der Waals surface area (Å²) in [5, 5.41) is 2.79. The Morgan fingerprint density at radius 2 is 1.92 bits per heavy atom. The lowest BCUT2D eigenvalue weighted by Gasteiger charge is -2.26. The van der Waals surface area contributed by atoms with Gasteiger partial charge in [-0.3, -0.25) is 15.4 Å². The molecule has 8 heteroatoms. The van der Waals surface area contributed by atoms with Crippen LogP contribution in [-0.2, 0) is 9.53 Å². The minimum absolute atomic E-state index is 0.679. The first-order chi connectivity index (χ1) is 5.83. The third kappa shape index (κ3) is 1.22. The Hall–Kier alpha value is -1.31. The molecule has 1 rings (SSSR count). The van der Waals surface area contributed by atoms with Gasteiger partial charge in [0.2, 0.25) is 0 Å². The van der Waals surface area contributed by atoms with E-state index < -0.39 is 23.8 Å². The number of rotatable bonds is 1. The third-order valence-corrected chi connectivity index (χ3v) is 1.54. The summed E-state index contributed by atoms with van der Waals surface area (Å²) in [6.07, 6.45) is -4.99. The smallest absolute Gasteiger partial charge is 0.344 e. The Kier molecular flexibility index (Phi) is 1.95. The number of carbonyl (C=O) groups excluding carboxylic acids is 2. The standard InChI is InChI=1S/C5H5F3N2O3/c1-13-4(5(6,7)8)2(11)9-3(12)10-4/h1H3,(H2,9,10,11,12). The molecule has 1 heterocycles. The number of methoxy groups -OCH3 is 1. The van der Waals surface area contributed by atoms with Crippen LogP contribution < -0.4 is 10.6 Å². The first-order valence-electron chi connectivity index (χ1n) is 3.09. The van der Waals surface area contributed by atoms with Gasteiger partial charge in [0.05, 0.1) is 0 Å². The summed E-state index contributed by atoms with van der Waals surface area (Å²) in [6, 6.07) is -1.23. The number of hydrogen-bond donors (Lipinski definition) is 2. The summed E-state index contributed by atoms with van der Waals surface area (Å²) in [7, 11) is 0.679. The molecule has 0 spiro atoms. The van der Waals surface area contributed by atoms with Crippen molar-refractivity contribution in [1.82, 2.24) is 10.6 Å². The van der Waals surface area contributed by atoms with E-state index in [-0.39, 0.29) is 0 Å². The molecule has 1 aliphatic rings. The fourth-order valence-electron chi connectivity index (χ4n) is 0.898. The van der Waals surface area contributed by atoms with Crippen LogP contribution in [0.15, 0.2) is 0 Å². The van der Waals surface area contributed by atoms with Crippen LogP contribution >= 0.6 is 0 Å². The van der Waals surface area contributed by atoms with Gasteiger partial charge >= 0.3 is 17.9 Å². The molecule has 74 valence electrons. The van der Waals surface area contributed by atoms with E-state index in [1.54, 1.807) is 0 Å². The molecule has 0 aromatic carbocycles. The van der Waals surface area contributed by atoms with E-state index in [9.17, 15) is 22.8 Å². The number of hydrogen-bond acceptors (Lipinski definition) is 3. The van der Waals surface area contributed by atoms with Crippen LogP contribution in [0, 0.1) is 0 Å². The lowest BCUT2D eigenvalue weighted by atomic mass is 10.2. The Balaban J connectivity index is 3.08. The minimum Gasteiger partial charge on any atom is -0.344 e. The second-order valence-electron chi connectivity index (χ2n) is 2.29. The van der Waals surface area contributed by atoms with Crippen molar-refractivity contribution in [1.29, 1.82) is 0 Å². The van der Waals surface area contributed by atoms with E-state index in [1.807, 2.05) is 0 Å². The maximum atomic E-state index is 12.2. The van der Waals surface area contributed by atoms with Gasteiger partial charge in [-0.05, 0) is 0 Å². The largest absolute Gasteiger partial charge is 0.446 e. The van der Waals surface area contributed by atoms with E-state index in [0.29, 0.717) is 7.11 Å². The van der Waals surface area contributed by atoms with Gasteiger partial charge in [-0.1, -0.05) is 0 Å². The molecule has 13 heavy (non-hydrogen) atoms. The molecule has 2 N–H and O–H groups in total. The van der Waals surface area contributed by atoms with Gasteiger partial charge in [0.15, 0.2) is 0 Å². The van der Waals surface area contributed by atoms with Crippen molar-refractivity contribution in [3.05, 3.63) is 0 Å². The van der Waals surface area contributed by atoms with Crippen LogP contribution in [0.1, 0.15) is 0 Å². The summed E-state index contributed by atoms with van der Waals surface area (Å²) < 4.78 is 40.7. The highest BCUT2D eigenvalue weighted by molar-refractivity contribution is 6.06. The summed E-state index contributed by atoms with van der Waals surface area (Å²) in [4.78, 5) is 21.2. The SMILES string of the molecule is COC1(C(F)(F)F)NC(=O)NC1=O. The zero-order valence-electron chi connectivity index (χ0n) is 6.36. The molecule has 1 aliphatic heterocycles. The lowest BCUT2D eigenvalue weighted by molar-refractivity contribution is -0.261. The maximum absolute atomic E-state index is 12.2. The highest BCUT2D eigenvalue weighted by Gasteiger charge is 2.66. The summed E-state index contributed by atoms with van der Waals surface area (Å²) in [5.41, 5.74) is -3.25. The molecule has 3 amide bonds. The van der Waals surface area contributed by atoms with Crippen molar-refractivity contribution in [2.75, 3.05) is 7.11 Å². The third-order valence-electron chi connectivity index (χ3n) is 1.54. The number of imide groups is 1. The van der Waals surface area contributed by atoms with Crippen molar-refractivity contribution in [3.8, 4) is 0 Å². The van der Waals surface area contributed by atoms with Gasteiger partial charge in [-0.2, -0.15) is 13.2 Å². The fraction of sp³-hybridized carbons (Fsp3) is 0.600. The van der Waals surface area contributed by atoms with Crippen molar-refractivity contribution >= 4 is 11.9 Å². The summed E-state index contributed by atoms with van der Waals surface area (Å²) in [6.45, 7) is 0. The second-order valence-corrected chi connectivity index (χ2v) is 2.29. The maximum Gasteiger partial charge on any atom is 0.446 e. The van der Waals surface area contributed by atoms with Gasteiger partial charge in [0, 0.05) is 7.11 Å². The van der Waals surface area contributed by atoms with Gasteiger partial charge in [-0.25, -0.2) is 4.79 Å². The van der Waals surface area contributed by atoms with Crippen molar-refractivity contribution < 1.29 is 27.5 Å². The molecule has 0 bridgehead atoms. The summed E-state index contributed by atoms with van der Waals surface area (Å²) >= 11 is 0. The molecule has 1 unspecified atom stereocenters. The number of ether oxygens (including phenoxy) is 1. The highest BCUT2D eigenvalue weighted by Crippen LogP contribution is 2.33.